The number of aryl methyl sites for hydroxylation is 1. The van der Waals surface area contributed by atoms with Gasteiger partial charge in [0.2, 0.25) is 5.91 Å². The maximum Gasteiger partial charge on any atom is 0.226 e. The summed E-state index contributed by atoms with van der Waals surface area (Å²) in [5.41, 5.74) is 2.11. The van der Waals surface area contributed by atoms with E-state index in [2.05, 4.69) is 20.2 Å². The van der Waals surface area contributed by atoms with Crippen molar-refractivity contribution in [2.75, 3.05) is 18.0 Å². The molecule has 1 saturated carbocycles. The Morgan fingerprint density at radius 1 is 1.40 bits per heavy atom. The van der Waals surface area contributed by atoms with Gasteiger partial charge in [0, 0.05) is 42.7 Å². The molecule has 6 nitrogen and oxygen atoms in total. The Kier molecular flexibility index (Phi) is 4.43. The van der Waals surface area contributed by atoms with Crippen LogP contribution in [0.3, 0.4) is 0 Å². The Balaban J connectivity index is 1.54. The van der Waals surface area contributed by atoms with Crippen LogP contribution in [0.15, 0.2) is 23.7 Å². The molecule has 1 N–H and O–H groups in total. The number of rotatable bonds is 3. The topological polar surface area (TPSA) is 69.6 Å². The van der Waals surface area contributed by atoms with Gasteiger partial charge in [-0.05, 0) is 25.8 Å². The fraction of sp³-hybridized carbons (Fsp3) is 0.500. The first-order valence-electron chi connectivity index (χ1n) is 8.67. The van der Waals surface area contributed by atoms with Crippen LogP contribution in [0.2, 0.25) is 0 Å². The van der Waals surface area contributed by atoms with Crippen LogP contribution in [0.25, 0.3) is 0 Å². The van der Waals surface area contributed by atoms with Gasteiger partial charge in [-0.3, -0.25) is 4.79 Å². The molecule has 0 spiro atoms. The Hall–Kier alpha value is -1.99. The van der Waals surface area contributed by atoms with Crippen LogP contribution in [0.4, 0.5) is 5.82 Å². The molecule has 2 aliphatic rings. The number of aliphatic hydroxyl groups is 1. The zero-order valence-corrected chi connectivity index (χ0v) is 15.1. The van der Waals surface area contributed by atoms with E-state index in [-0.39, 0.29) is 17.9 Å². The van der Waals surface area contributed by atoms with Gasteiger partial charge in [0.15, 0.2) is 0 Å². The maximum atomic E-state index is 12.7. The lowest BCUT2D eigenvalue weighted by Gasteiger charge is -2.34. The summed E-state index contributed by atoms with van der Waals surface area (Å²) >= 11 is 1.65. The highest BCUT2D eigenvalue weighted by atomic mass is 32.1. The zero-order valence-electron chi connectivity index (χ0n) is 14.3. The van der Waals surface area contributed by atoms with Crippen LogP contribution in [0.5, 0.6) is 0 Å². The third kappa shape index (κ3) is 3.39. The first kappa shape index (κ1) is 16.5. The van der Waals surface area contributed by atoms with Crippen molar-refractivity contribution in [2.45, 2.75) is 39.0 Å². The molecular formula is C18H22N4O2S. The van der Waals surface area contributed by atoms with Gasteiger partial charge in [-0.1, -0.05) is 6.07 Å². The minimum Gasteiger partial charge on any atom is -0.393 e. The molecular weight excluding hydrogens is 336 g/mol. The number of hydrogen-bond acceptors (Lipinski definition) is 6. The van der Waals surface area contributed by atoms with Gasteiger partial charge < -0.3 is 14.9 Å². The van der Waals surface area contributed by atoms with E-state index in [1.54, 1.807) is 17.5 Å². The second-order valence-electron chi connectivity index (χ2n) is 6.85. The highest BCUT2D eigenvalue weighted by Gasteiger charge is 2.36. The molecule has 2 aromatic rings. The van der Waals surface area contributed by atoms with Crippen LogP contribution in [0.1, 0.15) is 29.1 Å². The second kappa shape index (κ2) is 6.72. The van der Waals surface area contributed by atoms with Gasteiger partial charge in [-0.2, -0.15) is 0 Å². The molecule has 3 heterocycles. The number of fused-ring (bicyclic) bond motifs is 1. The molecule has 0 unspecified atom stereocenters. The van der Waals surface area contributed by atoms with Crippen molar-refractivity contribution in [2.24, 2.45) is 5.92 Å². The number of pyridine rings is 1. The Morgan fingerprint density at radius 2 is 2.24 bits per heavy atom. The quantitative estimate of drug-likeness (QED) is 0.908. The molecule has 1 aliphatic carbocycles. The van der Waals surface area contributed by atoms with E-state index in [0.29, 0.717) is 32.5 Å². The molecule has 0 aromatic carbocycles. The molecule has 25 heavy (non-hydrogen) atoms. The zero-order chi connectivity index (χ0) is 17.4. The highest BCUT2D eigenvalue weighted by molar-refractivity contribution is 7.09. The van der Waals surface area contributed by atoms with E-state index in [1.807, 2.05) is 24.0 Å². The maximum absolute atomic E-state index is 12.7. The van der Waals surface area contributed by atoms with Crippen LogP contribution in [-0.2, 0) is 17.9 Å². The number of aliphatic hydroxyl groups excluding tert-OH is 1. The number of carbonyl (C=O) groups excluding carboxylic acids is 1. The van der Waals surface area contributed by atoms with E-state index in [9.17, 15) is 9.90 Å². The minimum absolute atomic E-state index is 0.0251. The van der Waals surface area contributed by atoms with Crippen molar-refractivity contribution >= 4 is 23.1 Å². The lowest BCUT2D eigenvalue weighted by Crippen LogP contribution is -2.44. The largest absolute Gasteiger partial charge is 0.393 e. The number of thiazole rings is 1. The number of amides is 1. The summed E-state index contributed by atoms with van der Waals surface area (Å²) in [6, 6.07) is 3.97. The van der Waals surface area contributed by atoms with Crippen LogP contribution in [0, 0.1) is 12.8 Å². The fourth-order valence-electron chi connectivity index (χ4n) is 3.54. The molecule has 1 fully saturated rings. The molecule has 1 aliphatic heterocycles. The third-order valence-corrected chi connectivity index (χ3v) is 5.78. The van der Waals surface area contributed by atoms with Gasteiger partial charge in [0.05, 0.1) is 23.4 Å². The van der Waals surface area contributed by atoms with E-state index in [0.717, 1.165) is 28.6 Å². The van der Waals surface area contributed by atoms with Crippen molar-refractivity contribution in [3.8, 4) is 0 Å². The number of hydrogen-bond donors (Lipinski definition) is 1. The van der Waals surface area contributed by atoms with E-state index in [4.69, 9.17) is 0 Å². The van der Waals surface area contributed by atoms with Crippen molar-refractivity contribution in [1.82, 2.24) is 14.9 Å². The van der Waals surface area contributed by atoms with Crippen LogP contribution in [-0.4, -0.2) is 45.1 Å². The van der Waals surface area contributed by atoms with Gasteiger partial charge in [-0.15, -0.1) is 11.3 Å². The molecule has 0 saturated heterocycles. The summed E-state index contributed by atoms with van der Waals surface area (Å²) in [4.78, 5) is 26.0. The summed E-state index contributed by atoms with van der Waals surface area (Å²) in [5.74, 6) is 1.08. The van der Waals surface area contributed by atoms with Crippen molar-refractivity contribution in [1.29, 1.82) is 0 Å². The Morgan fingerprint density at radius 3 is 2.96 bits per heavy atom. The summed E-state index contributed by atoms with van der Waals surface area (Å²) in [6.45, 7) is 4.71. The van der Waals surface area contributed by atoms with Gasteiger partial charge in [0.1, 0.15) is 5.82 Å². The summed E-state index contributed by atoms with van der Waals surface area (Å²) in [5, 5.41) is 12.6. The molecule has 0 atom stereocenters. The predicted octanol–water partition coefficient (Wildman–Crippen LogP) is 1.97. The molecule has 1 amide bonds. The Labute approximate surface area is 151 Å². The number of anilines is 1. The van der Waals surface area contributed by atoms with E-state index in [1.165, 1.54) is 0 Å². The Bertz CT molecular complexity index is 772. The van der Waals surface area contributed by atoms with Gasteiger partial charge in [-0.25, -0.2) is 9.97 Å². The minimum atomic E-state index is -0.306. The van der Waals surface area contributed by atoms with Crippen molar-refractivity contribution in [3.05, 3.63) is 40.0 Å². The molecule has 7 heteroatoms. The van der Waals surface area contributed by atoms with E-state index < -0.39 is 0 Å². The summed E-state index contributed by atoms with van der Waals surface area (Å²) in [7, 11) is 0. The second-order valence-corrected chi connectivity index (χ2v) is 7.91. The average Bonchev–Trinajstić information content (AvgIpc) is 2.89. The SMILES string of the molecule is Cc1nc(CN2CCN(C(=O)C3CC(O)C3)Cc3cccnc32)cs1. The number of carbonyl (C=O) groups is 1. The van der Waals surface area contributed by atoms with Gasteiger partial charge >= 0.3 is 0 Å². The summed E-state index contributed by atoms with van der Waals surface area (Å²) < 4.78 is 0. The molecule has 2 aromatic heterocycles. The third-order valence-electron chi connectivity index (χ3n) is 4.96. The first-order valence-corrected chi connectivity index (χ1v) is 9.55. The lowest BCUT2D eigenvalue weighted by atomic mass is 9.81. The smallest absolute Gasteiger partial charge is 0.226 e. The molecule has 132 valence electrons. The van der Waals surface area contributed by atoms with Gasteiger partial charge in [0.25, 0.3) is 0 Å². The summed E-state index contributed by atoms with van der Waals surface area (Å²) in [6.07, 6.45) is 2.69. The standard InChI is InChI=1S/C18H22N4O2S/c1-12-20-15(11-25-12)10-21-5-6-22(18(24)14-7-16(23)8-14)9-13-3-2-4-19-17(13)21/h2-4,11,14,16,23H,5-10H2,1H3. The van der Waals surface area contributed by atoms with E-state index >= 15 is 0 Å². The molecule has 4 rings (SSSR count). The van der Waals surface area contributed by atoms with Crippen molar-refractivity contribution < 1.29 is 9.90 Å². The van der Waals surface area contributed by atoms with Crippen molar-refractivity contribution in [3.63, 3.8) is 0 Å². The van der Waals surface area contributed by atoms with Crippen LogP contribution >= 0.6 is 11.3 Å². The lowest BCUT2D eigenvalue weighted by molar-refractivity contribution is -0.142. The number of aromatic nitrogens is 2. The molecule has 0 bridgehead atoms. The highest BCUT2D eigenvalue weighted by Crippen LogP contribution is 2.31. The predicted molar refractivity (Wildman–Crippen MR) is 96.3 cm³/mol. The first-order chi connectivity index (χ1) is 12.1. The van der Waals surface area contributed by atoms with Crippen LogP contribution < -0.4 is 4.90 Å². The number of nitrogens with zero attached hydrogens (tertiary/aromatic N) is 4. The average molecular weight is 358 g/mol. The molecule has 0 radical (unpaired) electrons. The normalized spacial score (nSPS) is 23.0. The monoisotopic (exact) mass is 358 g/mol. The fourth-order valence-corrected chi connectivity index (χ4v) is 4.14.